The summed E-state index contributed by atoms with van der Waals surface area (Å²) in [5.74, 6) is 0. The Morgan fingerprint density at radius 1 is 1.26 bits per heavy atom. The number of pyridine rings is 2. The number of nitrogens with zero attached hydrogens (tertiary/aromatic N) is 2. The summed E-state index contributed by atoms with van der Waals surface area (Å²) >= 11 is 5.60. The molecule has 0 atom stereocenters. The van der Waals surface area contributed by atoms with Crippen LogP contribution in [0.2, 0.25) is 5.15 Å². The van der Waals surface area contributed by atoms with Crippen LogP contribution in [0.4, 0.5) is 5.69 Å². The van der Waals surface area contributed by atoms with Crippen molar-refractivity contribution < 1.29 is 8.42 Å². The Labute approximate surface area is 114 Å². The molecule has 0 bridgehead atoms. The van der Waals surface area contributed by atoms with E-state index in [0.717, 1.165) is 6.20 Å². The molecular formula is C11H10ClN3O3S. The SMILES string of the molecule is Cn1cc(NS(=O)(=O)c2ccc(Cl)nc2)ccc1=O. The smallest absolute Gasteiger partial charge is 0.263 e. The molecular weight excluding hydrogens is 290 g/mol. The minimum atomic E-state index is -3.75. The first-order valence-corrected chi connectivity index (χ1v) is 7.06. The molecule has 0 aliphatic carbocycles. The summed E-state index contributed by atoms with van der Waals surface area (Å²) in [5, 5.41) is 0.209. The Morgan fingerprint density at radius 2 is 2.00 bits per heavy atom. The third-order valence-electron chi connectivity index (χ3n) is 2.35. The lowest BCUT2D eigenvalue weighted by molar-refractivity contribution is 0.600. The molecule has 0 aromatic carbocycles. The Hall–Kier alpha value is -1.86. The fourth-order valence-electron chi connectivity index (χ4n) is 1.39. The quantitative estimate of drug-likeness (QED) is 0.865. The number of anilines is 1. The van der Waals surface area contributed by atoms with Gasteiger partial charge < -0.3 is 4.57 Å². The number of aryl methyl sites for hydroxylation is 1. The van der Waals surface area contributed by atoms with Gasteiger partial charge >= 0.3 is 0 Å². The van der Waals surface area contributed by atoms with E-state index in [1.807, 2.05) is 0 Å². The van der Waals surface area contributed by atoms with Crippen LogP contribution in [0.3, 0.4) is 0 Å². The number of nitrogens with one attached hydrogen (secondary N) is 1. The second-order valence-electron chi connectivity index (χ2n) is 3.79. The summed E-state index contributed by atoms with van der Waals surface area (Å²) in [6, 6.07) is 5.40. The summed E-state index contributed by atoms with van der Waals surface area (Å²) in [5.41, 5.74) is 0.0631. The molecule has 8 heteroatoms. The maximum atomic E-state index is 12.0. The molecule has 100 valence electrons. The van der Waals surface area contributed by atoms with E-state index in [-0.39, 0.29) is 21.3 Å². The first-order valence-electron chi connectivity index (χ1n) is 5.19. The normalized spacial score (nSPS) is 11.3. The van der Waals surface area contributed by atoms with E-state index in [2.05, 4.69) is 9.71 Å². The van der Waals surface area contributed by atoms with Gasteiger partial charge in [-0.05, 0) is 18.2 Å². The van der Waals surface area contributed by atoms with Crippen LogP contribution in [0.5, 0.6) is 0 Å². The second kappa shape index (κ2) is 5.02. The van der Waals surface area contributed by atoms with Crippen molar-refractivity contribution in [1.29, 1.82) is 0 Å². The number of hydrogen-bond donors (Lipinski definition) is 1. The third kappa shape index (κ3) is 3.12. The Morgan fingerprint density at radius 3 is 2.58 bits per heavy atom. The van der Waals surface area contributed by atoms with Gasteiger partial charge in [0.05, 0.1) is 5.69 Å². The average molecular weight is 300 g/mol. The van der Waals surface area contributed by atoms with Gasteiger partial charge in [-0.3, -0.25) is 9.52 Å². The molecule has 0 unspecified atom stereocenters. The first kappa shape index (κ1) is 13.6. The van der Waals surface area contributed by atoms with Gasteiger partial charge in [-0.15, -0.1) is 0 Å². The van der Waals surface area contributed by atoms with Crippen LogP contribution >= 0.6 is 11.6 Å². The molecule has 2 aromatic rings. The monoisotopic (exact) mass is 299 g/mol. The van der Waals surface area contributed by atoms with E-state index in [9.17, 15) is 13.2 Å². The number of halogens is 1. The Balaban J connectivity index is 2.33. The summed E-state index contributed by atoms with van der Waals surface area (Å²) < 4.78 is 27.7. The molecule has 0 aliphatic rings. The predicted octanol–water partition coefficient (Wildman–Crippen LogP) is 1.23. The molecule has 1 N–H and O–H groups in total. The largest absolute Gasteiger partial charge is 0.316 e. The van der Waals surface area contributed by atoms with Crippen molar-refractivity contribution in [3.05, 3.63) is 52.2 Å². The van der Waals surface area contributed by atoms with Crippen molar-refractivity contribution in [2.75, 3.05) is 4.72 Å². The molecule has 6 nitrogen and oxygen atoms in total. The van der Waals surface area contributed by atoms with Crippen LogP contribution in [0.15, 0.2) is 46.3 Å². The van der Waals surface area contributed by atoms with E-state index >= 15 is 0 Å². The van der Waals surface area contributed by atoms with Crippen LogP contribution in [-0.2, 0) is 17.1 Å². The summed E-state index contributed by atoms with van der Waals surface area (Å²) in [6.07, 6.45) is 2.55. The molecule has 0 saturated carbocycles. The molecule has 0 spiro atoms. The fourth-order valence-corrected chi connectivity index (χ4v) is 2.49. The number of hydrogen-bond acceptors (Lipinski definition) is 4. The molecule has 19 heavy (non-hydrogen) atoms. The highest BCUT2D eigenvalue weighted by Gasteiger charge is 2.14. The average Bonchev–Trinajstić information content (AvgIpc) is 2.34. The zero-order valence-corrected chi connectivity index (χ0v) is 11.4. The lowest BCUT2D eigenvalue weighted by Crippen LogP contribution is -2.18. The molecule has 0 radical (unpaired) electrons. The van der Waals surface area contributed by atoms with Crippen LogP contribution < -0.4 is 10.3 Å². The van der Waals surface area contributed by atoms with Crippen molar-refractivity contribution in [2.24, 2.45) is 7.05 Å². The van der Waals surface area contributed by atoms with Crippen LogP contribution in [0, 0.1) is 0 Å². The highest BCUT2D eigenvalue weighted by Crippen LogP contribution is 2.15. The molecule has 0 amide bonds. The van der Waals surface area contributed by atoms with Crippen LogP contribution in [0.1, 0.15) is 0 Å². The van der Waals surface area contributed by atoms with Crippen molar-refractivity contribution in [3.63, 3.8) is 0 Å². The number of rotatable bonds is 3. The van der Waals surface area contributed by atoms with Gasteiger partial charge in [0.2, 0.25) is 5.56 Å². The minimum absolute atomic E-state index is 0.00856. The van der Waals surface area contributed by atoms with Gasteiger partial charge in [0, 0.05) is 25.5 Å². The van der Waals surface area contributed by atoms with Crippen molar-refractivity contribution >= 4 is 27.3 Å². The van der Waals surface area contributed by atoms with E-state index in [0.29, 0.717) is 0 Å². The lowest BCUT2D eigenvalue weighted by Gasteiger charge is -2.08. The van der Waals surface area contributed by atoms with Gasteiger partial charge in [-0.25, -0.2) is 13.4 Å². The number of aromatic nitrogens is 2. The highest BCUT2D eigenvalue weighted by molar-refractivity contribution is 7.92. The number of sulfonamides is 1. The maximum absolute atomic E-state index is 12.0. The summed E-state index contributed by atoms with van der Waals surface area (Å²) in [7, 11) is -2.21. The van der Waals surface area contributed by atoms with E-state index in [1.54, 1.807) is 0 Å². The zero-order chi connectivity index (χ0) is 14.0. The maximum Gasteiger partial charge on any atom is 0.263 e. The zero-order valence-electron chi connectivity index (χ0n) is 9.87. The summed E-state index contributed by atoms with van der Waals surface area (Å²) in [6.45, 7) is 0. The van der Waals surface area contributed by atoms with E-state index in [1.165, 1.54) is 42.1 Å². The van der Waals surface area contributed by atoms with Gasteiger partial charge in [0.15, 0.2) is 0 Å². The molecule has 2 aromatic heterocycles. The van der Waals surface area contributed by atoms with Crippen molar-refractivity contribution in [1.82, 2.24) is 9.55 Å². The van der Waals surface area contributed by atoms with Crippen molar-refractivity contribution in [2.45, 2.75) is 4.90 Å². The molecule has 2 rings (SSSR count). The van der Waals surface area contributed by atoms with Gasteiger partial charge in [0.1, 0.15) is 10.0 Å². The van der Waals surface area contributed by atoms with E-state index in [4.69, 9.17) is 11.6 Å². The highest BCUT2D eigenvalue weighted by atomic mass is 35.5. The van der Waals surface area contributed by atoms with Gasteiger partial charge in [-0.1, -0.05) is 11.6 Å². The van der Waals surface area contributed by atoms with Gasteiger partial charge in [0.25, 0.3) is 10.0 Å². The summed E-state index contributed by atoms with van der Waals surface area (Å²) in [4.78, 5) is 14.9. The Kier molecular flexibility index (Phi) is 3.59. The van der Waals surface area contributed by atoms with E-state index < -0.39 is 10.0 Å². The molecule has 0 saturated heterocycles. The molecule has 0 fully saturated rings. The first-order chi connectivity index (χ1) is 8.88. The topological polar surface area (TPSA) is 81.1 Å². The fraction of sp³-hybridized carbons (Fsp3) is 0.0909. The lowest BCUT2D eigenvalue weighted by atomic mass is 10.4. The van der Waals surface area contributed by atoms with Crippen LogP contribution in [-0.4, -0.2) is 18.0 Å². The molecule has 2 heterocycles. The second-order valence-corrected chi connectivity index (χ2v) is 5.86. The third-order valence-corrected chi connectivity index (χ3v) is 3.94. The predicted molar refractivity (Wildman–Crippen MR) is 71.7 cm³/mol. The molecule has 0 aliphatic heterocycles. The van der Waals surface area contributed by atoms with Crippen molar-refractivity contribution in [3.8, 4) is 0 Å². The standard InChI is InChI=1S/C11H10ClN3O3S/c1-15-7-8(2-5-11(15)16)14-19(17,18)9-3-4-10(12)13-6-9/h2-7,14H,1H3. The van der Waals surface area contributed by atoms with Crippen LogP contribution in [0.25, 0.3) is 0 Å². The van der Waals surface area contributed by atoms with Gasteiger partial charge in [-0.2, -0.15) is 0 Å². The minimum Gasteiger partial charge on any atom is -0.316 e. The Bertz CT molecular complexity index is 754.